The van der Waals surface area contributed by atoms with Crippen molar-refractivity contribution < 1.29 is 10.2 Å². The molecule has 0 aromatic carbocycles. The topological polar surface area (TPSA) is 110 Å². The van der Waals surface area contributed by atoms with Crippen molar-refractivity contribution in [2.24, 2.45) is 11.3 Å². The summed E-state index contributed by atoms with van der Waals surface area (Å²) in [5.41, 5.74) is 6.71. The minimum Gasteiger partial charge on any atom is -0.396 e. The number of hydrogen-bond acceptors (Lipinski definition) is 6. The van der Waals surface area contributed by atoms with Gasteiger partial charge in [0.1, 0.15) is 11.8 Å². The Morgan fingerprint density at radius 1 is 1.39 bits per heavy atom. The highest BCUT2D eigenvalue weighted by Crippen LogP contribution is 2.53. The number of nitrogen functional groups attached to an aromatic ring is 1. The molecule has 2 aromatic rings. The third kappa shape index (κ3) is 1.55. The number of anilines is 1. The Morgan fingerprint density at radius 3 is 2.89 bits per heavy atom. The molecule has 4 N–H and O–H groups in total. The number of nitrogens with two attached hydrogens (primary N) is 1. The number of aliphatic hydroxyl groups excluding tert-OH is 2. The summed E-state index contributed by atoms with van der Waals surface area (Å²) in [5.74, 6) is 0.505. The quantitative estimate of drug-likeness (QED) is 0.667. The van der Waals surface area contributed by atoms with Crippen LogP contribution in [0.1, 0.15) is 6.42 Å². The lowest BCUT2D eigenvalue weighted by molar-refractivity contribution is 0.158. The van der Waals surface area contributed by atoms with Gasteiger partial charge in [0.2, 0.25) is 0 Å². The largest absolute Gasteiger partial charge is 0.396 e. The summed E-state index contributed by atoms with van der Waals surface area (Å²) in [6.07, 6.45) is 3.87. The molecule has 0 aliphatic heterocycles. The Balaban J connectivity index is 1.94. The van der Waals surface area contributed by atoms with Crippen molar-refractivity contribution in [3.63, 3.8) is 0 Å². The standard InChI is InChI=1S/C11H15N5O2/c12-9-8-10(14-5-13-9)16(6-15-8)3-11(4-18)1-7(11)2-17/h5-7,17-18H,1-4H2,(H2,12,13,14)/t7-,11-/m1/s1. The van der Waals surface area contributed by atoms with Crippen LogP contribution < -0.4 is 5.73 Å². The summed E-state index contributed by atoms with van der Waals surface area (Å²) in [5, 5.41) is 18.7. The highest BCUT2D eigenvalue weighted by molar-refractivity contribution is 5.81. The van der Waals surface area contributed by atoms with Crippen LogP contribution in [0.4, 0.5) is 5.82 Å². The number of nitrogens with zero attached hydrogens (tertiary/aromatic N) is 4. The highest BCUT2D eigenvalue weighted by atomic mass is 16.3. The van der Waals surface area contributed by atoms with Gasteiger partial charge in [0, 0.05) is 18.6 Å². The van der Waals surface area contributed by atoms with Crippen LogP contribution in [0.25, 0.3) is 11.2 Å². The first kappa shape index (κ1) is 11.4. The second kappa shape index (κ2) is 3.89. The summed E-state index contributed by atoms with van der Waals surface area (Å²) in [7, 11) is 0. The van der Waals surface area contributed by atoms with Gasteiger partial charge in [-0.05, 0) is 12.3 Å². The van der Waals surface area contributed by atoms with Crippen LogP contribution in [0.3, 0.4) is 0 Å². The molecular weight excluding hydrogens is 234 g/mol. The fourth-order valence-electron chi connectivity index (χ4n) is 2.48. The lowest BCUT2D eigenvalue weighted by atomic mass is 10.1. The zero-order chi connectivity index (χ0) is 12.8. The van der Waals surface area contributed by atoms with E-state index in [1.54, 1.807) is 6.33 Å². The van der Waals surface area contributed by atoms with Crippen molar-refractivity contribution in [1.29, 1.82) is 0 Å². The van der Waals surface area contributed by atoms with Gasteiger partial charge in [-0.15, -0.1) is 0 Å². The fraction of sp³-hybridized carbons (Fsp3) is 0.545. The Kier molecular flexibility index (Phi) is 2.46. The Morgan fingerprint density at radius 2 is 2.22 bits per heavy atom. The number of rotatable bonds is 4. The van der Waals surface area contributed by atoms with Crippen LogP contribution in [0.15, 0.2) is 12.7 Å². The van der Waals surface area contributed by atoms with E-state index < -0.39 is 0 Å². The Bertz CT molecular complexity index is 584. The van der Waals surface area contributed by atoms with Crippen LogP contribution in [-0.4, -0.2) is 42.9 Å². The van der Waals surface area contributed by atoms with E-state index in [1.165, 1.54) is 6.33 Å². The average molecular weight is 249 g/mol. The molecule has 1 saturated carbocycles. The molecule has 1 fully saturated rings. The Hall–Kier alpha value is -1.73. The van der Waals surface area contributed by atoms with E-state index in [0.29, 0.717) is 23.5 Å². The van der Waals surface area contributed by atoms with Crippen LogP contribution in [0, 0.1) is 11.3 Å². The van der Waals surface area contributed by atoms with Gasteiger partial charge in [-0.25, -0.2) is 15.0 Å². The molecule has 1 aliphatic rings. The van der Waals surface area contributed by atoms with Gasteiger partial charge < -0.3 is 20.5 Å². The average Bonchev–Trinajstić information content (AvgIpc) is 2.94. The maximum atomic E-state index is 9.48. The predicted molar refractivity (Wildman–Crippen MR) is 64.4 cm³/mol. The minimum absolute atomic E-state index is 0.0540. The van der Waals surface area contributed by atoms with Gasteiger partial charge in [0.15, 0.2) is 11.5 Å². The normalized spacial score (nSPS) is 26.7. The fourth-order valence-corrected chi connectivity index (χ4v) is 2.48. The number of imidazole rings is 1. The molecule has 2 atom stereocenters. The summed E-state index contributed by atoms with van der Waals surface area (Å²) in [6.45, 7) is 0.741. The van der Waals surface area contributed by atoms with Gasteiger partial charge in [0.25, 0.3) is 0 Å². The molecular formula is C11H15N5O2. The molecule has 2 heterocycles. The van der Waals surface area contributed by atoms with E-state index in [4.69, 9.17) is 5.73 Å². The molecule has 0 radical (unpaired) electrons. The first-order valence-electron chi connectivity index (χ1n) is 5.83. The van der Waals surface area contributed by atoms with Gasteiger partial charge in [0.05, 0.1) is 12.9 Å². The summed E-state index contributed by atoms with van der Waals surface area (Å²) in [4.78, 5) is 12.2. The van der Waals surface area contributed by atoms with E-state index in [1.807, 2.05) is 4.57 Å². The molecule has 0 unspecified atom stereocenters. The van der Waals surface area contributed by atoms with Crippen LogP contribution in [0.5, 0.6) is 0 Å². The Labute approximate surface area is 103 Å². The SMILES string of the molecule is Nc1ncnc2c1ncn2C[C@@]1(CO)C[C@@H]1CO. The molecule has 7 heteroatoms. The van der Waals surface area contributed by atoms with E-state index >= 15 is 0 Å². The van der Waals surface area contributed by atoms with E-state index in [9.17, 15) is 10.2 Å². The molecule has 0 saturated heterocycles. The van der Waals surface area contributed by atoms with Crippen LogP contribution >= 0.6 is 0 Å². The molecule has 96 valence electrons. The molecule has 0 amide bonds. The van der Waals surface area contributed by atoms with E-state index in [-0.39, 0.29) is 24.5 Å². The van der Waals surface area contributed by atoms with Gasteiger partial charge in [-0.1, -0.05) is 0 Å². The van der Waals surface area contributed by atoms with Crippen LogP contribution in [0.2, 0.25) is 0 Å². The van der Waals surface area contributed by atoms with Gasteiger partial charge >= 0.3 is 0 Å². The third-order valence-electron chi connectivity index (χ3n) is 3.81. The molecule has 1 aliphatic carbocycles. The van der Waals surface area contributed by atoms with Gasteiger partial charge in [-0.3, -0.25) is 0 Å². The third-order valence-corrected chi connectivity index (χ3v) is 3.81. The van der Waals surface area contributed by atoms with E-state index in [0.717, 1.165) is 6.42 Å². The maximum Gasteiger partial charge on any atom is 0.165 e. The second-order valence-corrected chi connectivity index (χ2v) is 4.91. The zero-order valence-electron chi connectivity index (χ0n) is 9.82. The molecule has 18 heavy (non-hydrogen) atoms. The minimum atomic E-state index is -0.248. The predicted octanol–water partition coefficient (Wildman–Crippen LogP) is -0.601. The second-order valence-electron chi connectivity index (χ2n) is 4.91. The van der Waals surface area contributed by atoms with E-state index in [2.05, 4.69) is 15.0 Å². The monoisotopic (exact) mass is 249 g/mol. The number of aliphatic hydroxyl groups is 2. The van der Waals surface area contributed by atoms with Crippen molar-refractivity contribution in [2.45, 2.75) is 13.0 Å². The first-order chi connectivity index (χ1) is 8.70. The van der Waals surface area contributed by atoms with Gasteiger partial charge in [-0.2, -0.15) is 0 Å². The number of aromatic nitrogens is 4. The highest BCUT2D eigenvalue weighted by Gasteiger charge is 2.53. The summed E-state index contributed by atoms with van der Waals surface area (Å²) < 4.78 is 1.86. The maximum absolute atomic E-state index is 9.48. The summed E-state index contributed by atoms with van der Waals surface area (Å²) >= 11 is 0. The van der Waals surface area contributed by atoms with Crippen molar-refractivity contribution >= 4 is 17.0 Å². The van der Waals surface area contributed by atoms with Crippen molar-refractivity contribution in [1.82, 2.24) is 19.5 Å². The zero-order valence-corrected chi connectivity index (χ0v) is 9.82. The summed E-state index contributed by atoms with van der Waals surface area (Å²) in [6, 6.07) is 0. The number of hydrogen-bond donors (Lipinski definition) is 3. The molecule has 2 aromatic heterocycles. The molecule has 7 nitrogen and oxygen atoms in total. The van der Waals surface area contributed by atoms with Crippen molar-refractivity contribution in [2.75, 3.05) is 18.9 Å². The smallest absolute Gasteiger partial charge is 0.165 e. The molecule has 0 bridgehead atoms. The first-order valence-corrected chi connectivity index (χ1v) is 5.83. The van der Waals surface area contributed by atoms with Crippen molar-refractivity contribution in [3.8, 4) is 0 Å². The number of fused-ring (bicyclic) bond motifs is 1. The molecule has 3 rings (SSSR count). The lowest BCUT2D eigenvalue weighted by Crippen LogP contribution is -2.19. The van der Waals surface area contributed by atoms with Crippen LogP contribution in [-0.2, 0) is 6.54 Å². The molecule has 0 spiro atoms. The lowest BCUT2D eigenvalue weighted by Gasteiger charge is -2.14. The van der Waals surface area contributed by atoms with Crippen molar-refractivity contribution in [3.05, 3.63) is 12.7 Å².